The van der Waals surface area contributed by atoms with Crippen LogP contribution in [-0.4, -0.2) is 50.5 Å². The SMILES string of the molecule is CC(C)CCn1c(CN2CCCCC2CCn2cccn2)cnc1S(=O)(=O)C(C)C. The molecule has 2 aromatic rings. The average molecular weight is 436 g/mol. The molecule has 1 saturated heterocycles. The number of likely N-dealkylation sites (tertiary alicyclic amines) is 1. The number of hydrogen-bond acceptors (Lipinski definition) is 5. The Labute approximate surface area is 181 Å². The lowest BCUT2D eigenvalue weighted by atomic mass is 9.99. The summed E-state index contributed by atoms with van der Waals surface area (Å²) in [7, 11) is -3.41. The van der Waals surface area contributed by atoms with Crippen LogP contribution in [0.1, 0.15) is 65.5 Å². The van der Waals surface area contributed by atoms with Crippen molar-refractivity contribution in [2.45, 2.75) is 95.9 Å². The number of sulfone groups is 1. The predicted octanol–water partition coefficient (Wildman–Crippen LogP) is 3.75. The highest BCUT2D eigenvalue weighted by molar-refractivity contribution is 7.91. The highest BCUT2D eigenvalue weighted by Gasteiger charge is 2.29. The Morgan fingerprint density at radius 3 is 2.63 bits per heavy atom. The van der Waals surface area contributed by atoms with Crippen molar-refractivity contribution in [3.05, 3.63) is 30.4 Å². The molecule has 0 aromatic carbocycles. The van der Waals surface area contributed by atoms with Gasteiger partial charge in [-0.1, -0.05) is 20.3 Å². The molecule has 0 bridgehead atoms. The average Bonchev–Trinajstić information content (AvgIpc) is 3.35. The van der Waals surface area contributed by atoms with Crippen molar-refractivity contribution in [3.63, 3.8) is 0 Å². The summed E-state index contributed by atoms with van der Waals surface area (Å²) < 4.78 is 29.7. The predicted molar refractivity (Wildman–Crippen MR) is 119 cm³/mol. The van der Waals surface area contributed by atoms with Crippen LogP contribution < -0.4 is 0 Å². The number of aryl methyl sites for hydroxylation is 1. The van der Waals surface area contributed by atoms with E-state index in [9.17, 15) is 8.42 Å². The summed E-state index contributed by atoms with van der Waals surface area (Å²) >= 11 is 0. The van der Waals surface area contributed by atoms with Crippen molar-refractivity contribution >= 4 is 9.84 Å². The van der Waals surface area contributed by atoms with Crippen LogP contribution in [0, 0.1) is 5.92 Å². The number of rotatable bonds is 10. The minimum atomic E-state index is -3.41. The van der Waals surface area contributed by atoms with Crippen LogP contribution in [0.2, 0.25) is 0 Å². The van der Waals surface area contributed by atoms with Gasteiger partial charge in [-0.3, -0.25) is 9.58 Å². The van der Waals surface area contributed by atoms with Gasteiger partial charge in [0.15, 0.2) is 0 Å². The molecule has 1 aliphatic rings. The number of nitrogens with zero attached hydrogens (tertiary/aromatic N) is 5. The molecule has 3 heterocycles. The summed E-state index contributed by atoms with van der Waals surface area (Å²) in [5, 5.41) is 4.09. The highest BCUT2D eigenvalue weighted by atomic mass is 32.2. The van der Waals surface area contributed by atoms with Crippen molar-refractivity contribution in [1.29, 1.82) is 0 Å². The maximum Gasteiger partial charge on any atom is 0.228 e. The first-order valence-corrected chi connectivity index (χ1v) is 12.8. The largest absolute Gasteiger partial charge is 0.318 e. The van der Waals surface area contributed by atoms with E-state index < -0.39 is 15.1 Å². The fourth-order valence-electron chi connectivity index (χ4n) is 4.10. The van der Waals surface area contributed by atoms with Gasteiger partial charge in [-0.05, 0) is 58.1 Å². The quantitative estimate of drug-likeness (QED) is 0.568. The molecule has 0 N–H and O–H groups in total. The molecule has 7 nitrogen and oxygen atoms in total. The third-order valence-corrected chi connectivity index (χ3v) is 8.15. The van der Waals surface area contributed by atoms with Gasteiger partial charge in [0.25, 0.3) is 0 Å². The van der Waals surface area contributed by atoms with Gasteiger partial charge < -0.3 is 4.57 Å². The van der Waals surface area contributed by atoms with E-state index >= 15 is 0 Å². The molecular weight excluding hydrogens is 398 g/mol. The Balaban J connectivity index is 1.79. The van der Waals surface area contributed by atoms with Crippen LogP contribution in [0.3, 0.4) is 0 Å². The van der Waals surface area contributed by atoms with E-state index in [1.165, 1.54) is 19.3 Å². The Hall–Kier alpha value is -1.67. The van der Waals surface area contributed by atoms with E-state index in [-0.39, 0.29) is 5.16 Å². The van der Waals surface area contributed by atoms with Gasteiger partial charge in [-0.2, -0.15) is 5.10 Å². The van der Waals surface area contributed by atoms with E-state index in [2.05, 4.69) is 28.8 Å². The Morgan fingerprint density at radius 1 is 1.17 bits per heavy atom. The van der Waals surface area contributed by atoms with Crippen LogP contribution in [-0.2, 0) is 29.5 Å². The second-order valence-corrected chi connectivity index (χ2v) is 11.5. The van der Waals surface area contributed by atoms with Crippen molar-refractivity contribution in [2.24, 2.45) is 5.92 Å². The fourth-order valence-corrected chi connectivity index (χ4v) is 5.24. The molecule has 1 atom stereocenters. The minimum absolute atomic E-state index is 0.234. The highest BCUT2D eigenvalue weighted by Crippen LogP contribution is 2.25. The van der Waals surface area contributed by atoms with Gasteiger partial charge in [-0.15, -0.1) is 0 Å². The number of aromatic nitrogens is 4. The summed E-state index contributed by atoms with van der Waals surface area (Å²) in [6, 6.07) is 2.45. The van der Waals surface area contributed by atoms with Gasteiger partial charge in [-0.25, -0.2) is 13.4 Å². The maximum atomic E-state index is 12.9. The molecule has 1 aliphatic heterocycles. The number of imidazole rings is 1. The van der Waals surface area contributed by atoms with E-state index in [1.54, 1.807) is 20.0 Å². The zero-order valence-corrected chi connectivity index (χ0v) is 19.7. The molecule has 30 heavy (non-hydrogen) atoms. The van der Waals surface area contributed by atoms with E-state index in [4.69, 9.17) is 0 Å². The van der Waals surface area contributed by atoms with Crippen molar-refractivity contribution in [3.8, 4) is 0 Å². The van der Waals surface area contributed by atoms with E-state index in [0.717, 1.165) is 38.2 Å². The number of piperidine rings is 1. The topological polar surface area (TPSA) is 73.0 Å². The zero-order valence-electron chi connectivity index (χ0n) is 18.9. The van der Waals surface area contributed by atoms with Crippen LogP contribution in [0.4, 0.5) is 0 Å². The normalized spacial score (nSPS) is 18.5. The van der Waals surface area contributed by atoms with Crippen LogP contribution in [0.5, 0.6) is 0 Å². The Kier molecular flexibility index (Phi) is 7.74. The van der Waals surface area contributed by atoms with E-state index in [1.807, 2.05) is 27.7 Å². The summed E-state index contributed by atoms with van der Waals surface area (Å²) in [5.41, 5.74) is 1.01. The molecule has 168 valence electrons. The Morgan fingerprint density at radius 2 is 1.97 bits per heavy atom. The van der Waals surface area contributed by atoms with Gasteiger partial charge in [0.1, 0.15) is 0 Å². The van der Waals surface area contributed by atoms with Crippen molar-refractivity contribution in [2.75, 3.05) is 6.54 Å². The summed E-state index contributed by atoms with van der Waals surface area (Å²) in [5.74, 6) is 0.506. The third-order valence-electron chi connectivity index (χ3n) is 6.07. The fraction of sp³-hybridized carbons (Fsp3) is 0.727. The molecule has 0 spiro atoms. The molecular formula is C22H37N5O2S. The molecule has 3 rings (SSSR count). The van der Waals surface area contributed by atoms with Crippen LogP contribution in [0.15, 0.2) is 29.8 Å². The molecule has 0 amide bonds. The van der Waals surface area contributed by atoms with E-state index in [0.29, 0.717) is 18.5 Å². The molecule has 0 saturated carbocycles. The van der Waals surface area contributed by atoms with Gasteiger partial charge in [0.05, 0.1) is 17.1 Å². The molecule has 0 radical (unpaired) electrons. The third kappa shape index (κ3) is 5.52. The second kappa shape index (κ2) is 10.1. The van der Waals surface area contributed by atoms with Gasteiger partial charge >= 0.3 is 0 Å². The van der Waals surface area contributed by atoms with Crippen LogP contribution in [0.25, 0.3) is 0 Å². The first-order chi connectivity index (χ1) is 14.3. The lowest BCUT2D eigenvalue weighted by Crippen LogP contribution is -2.40. The summed E-state index contributed by atoms with van der Waals surface area (Å²) in [6.07, 6.45) is 11.2. The summed E-state index contributed by atoms with van der Waals surface area (Å²) in [6.45, 7) is 11.2. The lowest BCUT2D eigenvalue weighted by Gasteiger charge is -2.36. The second-order valence-electron chi connectivity index (χ2n) is 9.14. The van der Waals surface area contributed by atoms with Crippen molar-refractivity contribution in [1.82, 2.24) is 24.2 Å². The monoisotopic (exact) mass is 435 g/mol. The molecule has 1 fully saturated rings. The smallest absolute Gasteiger partial charge is 0.228 e. The van der Waals surface area contributed by atoms with Crippen molar-refractivity contribution < 1.29 is 8.42 Å². The molecule has 8 heteroatoms. The number of hydrogen-bond donors (Lipinski definition) is 0. The summed E-state index contributed by atoms with van der Waals surface area (Å²) in [4.78, 5) is 6.91. The molecule has 1 unspecified atom stereocenters. The Bertz CT molecular complexity index is 887. The maximum absolute atomic E-state index is 12.9. The lowest BCUT2D eigenvalue weighted by molar-refractivity contribution is 0.124. The standard InChI is InChI=1S/C22H37N5O2S/c1-18(2)9-15-27-21(16-23-22(27)30(28,29)19(3)4)17-25-12-6-5-8-20(25)10-14-26-13-7-11-24-26/h7,11,13,16,18-20H,5-6,8-10,12,14-15,17H2,1-4H3. The molecule has 0 aliphatic carbocycles. The van der Waals surface area contributed by atoms with Gasteiger partial charge in [0.2, 0.25) is 15.0 Å². The molecule has 2 aromatic heterocycles. The van der Waals surface area contributed by atoms with Gasteiger partial charge in [0, 0.05) is 38.1 Å². The zero-order chi connectivity index (χ0) is 21.7. The first kappa shape index (κ1) is 23.0. The first-order valence-electron chi connectivity index (χ1n) is 11.3. The minimum Gasteiger partial charge on any atom is -0.318 e. The van der Waals surface area contributed by atoms with Crippen LogP contribution >= 0.6 is 0 Å².